The van der Waals surface area contributed by atoms with Gasteiger partial charge < -0.3 is 20.1 Å². The Morgan fingerprint density at radius 1 is 1.00 bits per heavy atom. The summed E-state index contributed by atoms with van der Waals surface area (Å²) in [6.07, 6.45) is 2.77. The molecule has 3 aromatic rings. The van der Waals surface area contributed by atoms with Crippen LogP contribution in [0, 0.1) is 5.92 Å². The zero-order valence-corrected chi connectivity index (χ0v) is 30.0. The molecule has 5 rings (SSSR count). The highest BCUT2D eigenvalue weighted by Crippen LogP contribution is 2.54. The number of amides is 3. The van der Waals surface area contributed by atoms with Crippen molar-refractivity contribution >= 4 is 41.0 Å². The molecular weight excluding hydrogens is 649 g/mol. The van der Waals surface area contributed by atoms with Crippen LogP contribution in [-0.4, -0.2) is 70.5 Å². The summed E-state index contributed by atoms with van der Waals surface area (Å²) in [5.41, 5.74) is 0.884. The Balaban J connectivity index is 1.69. The third kappa shape index (κ3) is 6.65. The number of likely N-dealkylation sites (tertiary alicyclic amines) is 1. The third-order valence-corrected chi connectivity index (χ3v) is 10.2. The largest absolute Gasteiger partial charge is 0.493 e. The van der Waals surface area contributed by atoms with Crippen molar-refractivity contribution in [1.82, 2.24) is 20.1 Å². The molecule has 0 bridgehead atoms. The Morgan fingerprint density at radius 3 is 2.12 bits per heavy atom. The number of nitrogens with zero attached hydrogens (tertiary/aromatic N) is 4. The van der Waals surface area contributed by atoms with Crippen LogP contribution in [0.5, 0.6) is 5.75 Å². The molecule has 2 aliphatic rings. The standard InChI is InChI=1S/C37H45Cl2N5O4/c1-7-48-30-22-31(35(2,3)4)41-23-29(30)32-42-36(5,25-8-12-27(38)13-9-25)37(6,26-10-14-28(39)15-11-26)44(32)34(47)43-19-16-24(17-20-43)33(46)40-18-21-45/h8-15,22-24,45H,7,16-21H2,1-6H3,(H,40,46)/t36-,37+/m0/s1. The highest BCUT2D eigenvalue weighted by Gasteiger charge is 2.60. The minimum atomic E-state index is -1.06. The van der Waals surface area contributed by atoms with Crippen LogP contribution in [0.4, 0.5) is 4.79 Å². The van der Waals surface area contributed by atoms with Crippen molar-refractivity contribution in [2.24, 2.45) is 10.9 Å². The molecule has 0 saturated carbocycles. The van der Waals surface area contributed by atoms with E-state index in [1.165, 1.54) is 0 Å². The minimum absolute atomic E-state index is 0.104. The molecule has 2 aliphatic heterocycles. The van der Waals surface area contributed by atoms with Crippen LogP contribution < -0.4 is 10.1 Å². The summed E-state index contributed by atoms with van der Waals surface area (Å²) in [7, 11) is 0. The smallest absolute Gasteiger partial charge is 0.326 e. The molecule has 1 saturated heterocycles. The van der Waals surface area contributed by atoms with E-state index in [4.69, 9.17) is 43.0 Å². The molecule has 2 aromatic carbocycles. The van der Waals surface area contributed by atoms with Crippen molar-refractivity contribution in [2.75, 3.05) is 32.8 Å². The van der Waals surface area contributed by atoms with E-state index in [1.54, 1.807) is 16.0 Å². The number of benzene rings is 2. The summed E-state index contributed by atoms with van der Waals surface area (Å²) >= 11 is 12.7. The van der Waals surface area contributed by atoms with Crippen molar-refractivity contribution in [3.05, 3.63) is 93.2 Å². The molecular formula is C37H45Cl2N5O4. The molecule has 3 amide bonds. The van der Waals surface area contributed by atoms with Crippen molar-refractivity contribution in [1.29, 1.82) is 0 Å². The molecule has 9 nitrogen and oxygen atoms in total. The molecule has 2 N–H and O–H groups in total. The Morgan fingerprint density at radius 2 is 1.58 bits per heavy atom. The Kier molecular flexibility index (Phi) is 10.4. The number of carbonyl (C=O) groups excluding carboxylic acids is 2. The summed E-state index contributed by atoms with van der Waals surface area (Å²) in [4.78, 5) is 41.7. The van der Waals surface area contributed by atoms with Gasteiger partial charge in [-0.15, -0.1) is 0 Å². The zero-order chi connectivity index (χ0) is 34.9. The number of amidine groups is 1. The molecule has 1 aromatic heterocycles. The predicted octanol–water partition coefficient (Wildman–Crippen LogP) is 6.92. The average Bonchev–Trinajstić information content (AvgIpc) is 3.31. The third-order valence-electron chi connectivity index (χ3n) is 9.66. The molecule has 48 heavy (non-hydrogen) atoms. The summed E-state index contributed by atoms with van der Waals surface area (Å²) < 4.78 is 6.24. The van der Waals surface area contributed by atoms with Crippen molar-refractivity contribution in [3.63, 3.8) is 0 Å². The molecule has 3 heterocycles. The Hall–Kier alpha value is -3.66. The second kappa shape index (κ2) is 14.1. The topological polar surface area (TPSA) is 107 Å². The van der Waals surface area contributed by atoms with Gasteiger partial charge in [0.15, 0.2) is 0 Å². The molecule has 256 valence electrons. The normalized spacial score (nSPS) is 21.6. The second-order valence-electron chi connectivity index (χ2n) is 13.7. The lowest BCUT2D eigenvalue weighted by atomic mass is 9.71. The van der Waals surface area contributed by atoms with E-state index in [2.05, 4.69) is 26.1 Å². The van der Waals surface area contributed by atoms with Crippen molar-refractivity contribution < 1.29 is 19.4 Å². The molecule has 1 fully saturated rings. The number of aliphatic hydroxyl groups excluding tert-OH is 1. The maximum Gasteiger partial charge on any atom is 0.326 e. The number of pyridine rings is 1. The first-order chi connectivity index (χ1) is 22.7. The zero-order valence-electron chi connectivity index (χ0n) is 28.5. The summed E-state index contributed by atoms with van der Waals surface area (Å²) in [6, 6.07) is 16.8. The van der Waals surface area contributed by atoms with Crippen LogP contribution in [0.3, 0.4) is 0 Å². The van der Waals surface area contributed by atoms with Crippen LogP contribution in [0.15, 0.2) is 65.8 Å². The summed E-state index contributed by atoms with van der Waals surface area (Å²) in [5.74, 6) is 0.682. The van der Waals surface area contributed by atoms with E-state index >= 15 is 4.79 Å². The van der Waals surface area contributed by atoms with Gasteiger partial charge in [0.1, 0.15) is 22.7 Å². The van der Waals surface area contributed by atoms with Gasteiger partial charge in [-0.05, 0) is 69.0 Å². The highest BCUT2D eigenvalue weighted by atomic mass is 35.5. The van der Waals surface area contributed by atoms with Crippen LogP contribution in [0.2, 0.25) is 10.0 Å². The molecule has 0 spiro atoms. The Labute approximate surface area is 293 Å². The van der Waals surface area contributed by atoms with Crippen LogP contribution in [-0.2, 0) is 21.3 Å². The van der Waals surface area contributed by atoms with E-state index in [9.17, 15) is 4.79 Å². The number of halogens is 2. The lowest BCUT2D eigenvalue weighted by Crippen LogP contribution is -2.59. The summed E-state index contributed by atoms with van der Waals surface area (Å²) in [6.45, 7) is 13.5. The van der Waals surface area contributed by atoms with Gasteiger partial charge in [0.2, 0.25) is 5.91 Å². The summed E-state index contributed by atoms with van der Waals surface area (Å²) in [5, 5.41) is 13.1. The van der Waals surface area contributed by atoms with Crippen molar-refractivity contribution in [2.45, 2.75) is 70.9 Å². The van der Waals surface area contributed by atoms with Crippen LogP contribution >= 0.6 is 23.2 Å². The van der Waals surface area contributed by atoms with Gasteiger partial charge in [-0.3, -0.25) is 19.7 Å². The fourth-order valence-corrected chi connectivity index (χ4v) is 6.91. The van der Waals surface area contributed by atoms with E-state index in [1.807, 2.05) is 75.4 Å². The molecule has 0 aliphatic carbocycles. The molecule has 11 heteroatoms. The fraction of sp³-hybridized carbons (Fsp3) is 0.459. The number of aromatic nitrogens is 1. The first kappa shape index (κ1) is 35.6. The number of urea groups is 1. The molecule has 2 atom stereocenters. The van der Waals surface area contributed by atoms with Gasteiger partial charge >= 0.3 is 6.03 Å². The number of piperidine rings is 1. The van der Waals surface area contributed by atoms with Gasteiger partial charge in [-0.25, -0.2) is 4.79 Å². The van der Waals surface area contributed by atoms with Gasteiger partial charge in [0.05, 0.1) is 18.8 Å². The number of nitrogens with one attached hydrogen (secondary N) is 1. The number of ether oxygens (including phenoxy) is 1. The van der Waals surface area contributed by atoms with E-state index < -0.39 is 11.1 Å². The van der Waals surface area contributed by atoms with E-state index in [0.29, 0.717) is 59.7 Å². The van der Waals surface area contributed by atoms with Gasteiger partial charge in [-0.1, -0.05) is 68.2 Å². The number of hydrogen-bond donors (Lipinski definition) is 2. The molecule has 0 radical (unpaired) electrons. The Bertz CT molecular complexity index is 1670. The monoisotopic (exact) mass is 693 g/mol. The lowest BCUT2D eigenvalue weighted by molar-refractivity contribution is -0.126. The predicted molar refractivity (Wildman–Crippen MR) is 190 cm³/mol. The van der Waals surface area contributed by atoms with E-state index in [0.717, 1.165) is 16.8 Å². The fourth-order valence-electron chi connectivity index (χ4n) is 6.66. The number of aliphatic hydroxyl groups is 1. The van der Waals surface area contributed by atoms with Crippen LogP contribution in [0.25, 0.3) is 0 Å². The number of carbonyl (C=O) groups is 2. The SMILES string of the molecule is CCOc1cc(C(C)(C)C)ncc1C1=N[C@@](C)(c2ccc(Cl)cc2)[C@@](C)(c2ccc(Cl)cc2)N1C(=O)N1CCC(C(=O)NCCO)CC1. The maximum absolute atomic E-state index is 15.1. The second-order valence-corrected chi connectivity index (χ2v) is 14.6. The van der Waals surface area contributed by atoms with E-state index in [-0.39, 0.29) is 36.4 Å². The maximum atomic E-state index is 15.1. The van der Waals surface area contributed by atoms with Gasteiger partial charge in [0.25, 0.3) is 0 Å². The number of rotatable bonds is 8. The number of hydrogen-bond acceptors (Lipinski definition) is 6. The number of aliphatic imine (C=N–C) groups is 1. The quantitative estimate of drug-likeness (QED) is 0.266. The lowest BCUT2D eigenvalue weighted by Gasteiger charge is -2.47. The van der Waals surface area contributed by atoms with Gasteiger partial charge in [-0.2, -0.15) is 0 Å². The van der Waals surface area contributed by atoms with Crippen LogP contribution in [0.1, 0.15) is 76.8 Å². The van der Waals surface area contributed by atoms with Crippen molar-refractivity contribution in [3.8, 4) is 5.75 Å². The average molecular weight is 695 g/mol. The first-order valence-electron chi connectivity index (χ1n) is 16.5. The highest BCUT2D eigenvalue weighted by molar-refractivity contribution is 6.30. The first-order valence-corrected chi connectivity index (χ1v) is 17.2. The molecule has 0 unspecified atom stereocenters. The minimum Gasteiger partial charge on any atom is -0.493 e. The van der Waals surface area contributed by atoms with Gasteiger partial charge in [0, 0.05) is 59.0 Å².